The van der Waals surface area contributed by atoms with E-state index in [0.717, 1.165) is 19.4 Å². The van der Waals surface area contributed by atoms with Gasteiger partial charge in [0, 0.05) is 11.5 Å². The Kier molecular flexibility index (Phi) is 6.32. The Hall–Kier alpha value is -0.336. The SMILES string of the molecule is CC(C)(C)[Si](C)(C)OC[C@H]1C[C@@H](N=[N+]=[N-])[C@H](O[Si](C)(C)C)C1. The van der Waals surface area contributed by atoms with Crippen LogP contribution in [-0.2, 0) is 8.85 Å². The molecule has 0 spiro atoms. The second-order valence-electron chi connectivity index (χ2n) is 8.95. The average molecular weight is 344 g/mol. The van der Waals surface area contributed by atoms with Crippen LogP contribution in [-0.4, -0.2) is 35.4 Å². The second-order valence-corrected chi connectivity index (χ2v) is 18.2. The summed E-state index contributed by atoms with van der Waals surface area (Å²) in [6, 6.07) is -0.0373. The third-order valence-electron chi connectivity index (χ3n) is 4.76. The highest BCUT2D eigenvalue weighted by Crippen LogP contribution is 2.39. The monoisotopic (exact) mass is 343 g/mol. The van der Waals surface area contributed by atoms with Crippen LogP contribution in [0.25, 0.3) is 10.4 Å². The fourth-order valence-corrected chi connectivity index (χ4v) is 4.77. The van der Waals surface area contributed by atoms with E-state index in [4.69, 9.17) is 14.4 Å². The summed E-state index contributed by atoms with van der Waals surface area (Å²) in [7, 11) is -3.34. The van der Waals surface area contributed by atoms with Gasteiger partial charge < -0.3 is 8.85 Å². The van der Waals surface area contributed by atoms with Gasteiger partial charge in [-0.15, -0.1) is 0 Å². The molecule has 1 rings (SSSR count). The molecule has 0 heterocycles. The molecular weight excluding hydrogens is 310 g/mol. The molecule has 1 fully saturated rings. The lowest BCUT2D eigenvalue weighted by atomic mass is 10.1. The van der Waals surface area contributed by atoms with E-state index in [0.29, 0.717) is 5.92 Å². The van der Waals surface area contributed by atoms with Gasteiger partial charge in [0.25, 0.3) is 0 Å². The van der Waals surface area contributed by atoms with Gasteiger partial charge in [-0.1, -0.05) is 25.9 Å². The fraction of sp³-hybridized carbons (Fsp3) is 1.00. The molecule has 22 heavy (non-hydrogen) atoms. The molecule has 1 saturated carbocycles. The van der Waals surface area contributed by atoms with Gasteiger partial charge >= 0.3 is 0 Å². The molecular formula is C15H33N3O2Si2. The molecule has 0 amide bonds. The maximum Gasteiger partial charge on any atom is 0.191 e. The normalized spacial score (nSPS) is 26.8. The molecule has 0 aromatic heterocycles. The molecule has 0 saturated heterocycles. The molecule has 7 heteroatoms. The van der Waals surface area contributed by atoms with Gasteiger partial charge in [-0.3, -0.25) is 0 Å². The Labute approximate surface area is 137 Å². The highest BCUT2D eigenvalue weighted by molar-refractivity contribution is 6.74. The van der Waals surface area contributed by atoms with Crippen LogP contribution in [0.5, 0.6) is 0 Å². The first-order valence-electron chi connectivity index (χ1n) is 8.22. The van der Waals surface area contributed by atoms with E-state index in [2.05, 4.69) is 63.5 Å². The van der Waals surface area contributed by atoms with E-state index in [-0.39, 0.29) is 17.2 Å². The minimum Gasteiger partial charge on any atom is -0.417 e. The number of rotatable bonds is 6. The standard InChI is InChI=1S/C15H33N3O2Si2/c1-15(2,3)22(7,8)19-11-12-9-13(17-18-16)14(10-12)20-21(4,5)6/h12-14H,9-11H2,1-8H3/t12-,13+,14+/m0/s1. The topological polar surface area (TPSA) is 67.2 Å². The lowest BCUT2D eigenvalue weighted by molar-refractivity contribution is 0.170. The summed E-state index contributed by atoms with van der Waals surface area (Å²) in [6.45, 7) is 18.6. The number of nitrogens with zero attached hydrogens (tertiary/aromatic N) is 3. The van der Waals surface area contributed by atoms with Crippen LogP contribution in [0.4, 0.5) is 0 Å². The quantitative estimate of drug-likeness (QED) is 0.283. The summed E-state index contributed by atoms with van der Waals surface area (Å²) in [5, 5.41) is 4.19. The molecule has 3 atom stereocenters. The molecule has 0 aromatic carbocycles. The van der Waals surface area contributed by atoms with Crippen LogP contribution in [0.1, 0.15) is 33.6 Å². The van der Waals surface area contributed by atoms with Gasteiger partial charge in [-0.25, -0.2) is 0 Å². The van der Waals surface area contributed by atoms with E-state index in [1.165, 1.54) is 0 Å². The molecule has 0 radical (unpaired) electrons. The molecule has 128 valence electrons. The molecule has 5 nitrogen and oxygen atoms in total. The van der Waals surface area contributed by atoms with Crippen LogP contribution in [0.2, 0.25) is 37.8 Å². The van der Waals surface area contributed by atoms with Crippen molar-refractivity contribution in [3.8, 4) is 0 Å². The van der Waals surface area contributed by atoms with Crippen molar-refractivity contribution in [2.75, 3.05) is 6.61 Å². The highest BCUT2D eigenvalue weighted by Gasteiger charge is 2.41. The molecule has 1 aliphatic rings. The molecule has 0 bridgehead atoms. The Morgan fingerprint density at radius 2 is 1.73 bits per heavy atom. The third kappa shape index (κ3) is 5.70. The van der Waals surface area contributed by atoms with Crippen molar-refractivity contribution < 1.29 is 8.85 Å². The fourth-order valence-electron chi connectivity index (χ4n) is 2.52. The van der Waals surface area contributed by atoms with Gasteiger partial charge in [-0.2, -0.15) is 0 Å². The summed E-state index contributed by atoms with van der Waals surface area (Å²) in [5.41, 5.74) is 8.78. The van der Waals surface area contributed by atoms with Gasteiger partial charge in [-0.05, 0) is 62.1 Å². The van der Waals surface area contributed by atoms with E-state index in [9.17, 15) is 0 Å². The van der Waals surface area contributed by atoms with Gasteiger partial charge in [0.05, 0.1) is 12.1 Å². The average Bonchev–Trinajstić information content (AvgIpc) is 2.66. The summed E-state index contributed by atoms with van der Waals surface area (Å²) in [6.07, 6.45) is 1.90. The summed E-state index contributed by atoms with van der Waals surface area (Å²) in [5.74, 6) is 0.436. The Morgan fingerprint density at radius 3 is 2.18 bits per heavy atom. The largest absolute Gasteiger partial charge is 0.417 e. The minimum absolute atomic E-state index is 0.0373. The van der Waals surface area contributed by atoms with Crippen LogP contribution in [0, 0.1) is 5.92 Å². The minimum atomic E-state index is -1.72. The van der Waals surface area contributed by atoms with E-state index >= 15 is 0 Å². The second kappa shape index (κ2) is 7.05. The first-order valence-corrected chi connectivity index (χ1v) is 14.5. The first-order chi connectivity index (χ1) is 9.86. The van der Waals surface area contributed by atoms with E-state index in [1.807, 2.05) is 0 Å². The predicted molar refractivity (Wildman–Crippen MR) is 97.0 cm³/mol. The number of azide groups is 1. The maximum absolute atomic E-state index is 8.78. The van der Waals surface area contributed by atoms with Crippen LogP contribution in [0.15, 0.2) is 5.11 Å². The van der Waals surface area contributed by atoms with Crippen molar-refractivity contribution in [2.45, 2.75) is 83.5 Å². The Morgan fingerprint density at radius 1 is 1.14 bits per heavy atom. The van der Waals surface area contributed by atoms with Crippen molar-refractivity contribution in [3.63, 3.8) is 0 Å². The van der Waals surface area contributed by atoms with Crippen molar-refractivity contribution in [2.24, 2.45) is 11.0 Å². The zero-order chi connectivity index (χ0) is 17.2. The zero-order valence-corrected chi connectivity index (χ0v) is 17.5. The first kappa shape index (κ1) is 19.7. The Bertz CT molecular complexity index is 423. The molecule has 0 unspecified atom stereocenters. The van der Waals surface area contributed by atoms with Gasteiger partial charge in [0.2, 0.25) is 0 Å². The third-order valence-corrected chi connectivity index (χ3v) is 10.3. The van der Waals surface area contributed by atoms with Gasteiger partial charge in [0.15, 0.2) is 16.6 Å². The highest BCUT2D eigenvalue weighted by atomic mass is 28.4. The summed E-state index contributed by atoms with van der Waals surface area (Å²) in [4.78, 5) is 3.01. The zero-order valence-electron chi connectivity index (χ0n) is 15.5. The predicted octanol–water partition coefficient (Wildman–Crippen LogP) is 5.32. The molecule has 0 N–H and O–H groups in total. The molecule has 0 aromatic rings. The maximum atomic E-state index is 8.78. The van der Waals surface area contributed by atoms with Crippen LogP contribution < -0.4 is 0 Å². The summed E-state index contributed by atoms with van der Waals surface area (Å²) < 4.78 is 12.6. The van der Waals surface area contributed by atoms with Crippen molar-refractivity contribution in [1.82, 2.24) is 0 Å². The summed E-state index contributed by atoms with van der Waals surface area (Å²) >= 11 is 0. The lowest BCUT2D eigenvalue weighted by Crippen LogP contribution is -2.41. The lowest BCUT2D eigenvalue weighted by Gasteiger charge is -2.37. The van der Waals surface area contributed by atoms with Crippen LogP contribution >= 0.6 is 0 Å². The van der Waals surface area contributed by atoms with E-state index < -0.39 is 16.6 Å². The van der Waals surface area contributed by atoms with Crippen molar-refractivity contribution in [1.29, 1.82) is 0 Å². The van der Waals surface area contributed by atoms with Crippen molar-refractivity contribution in [3.05, 3.63) is 10.4 Å². The van der Waals surface area contributed by atoms with E-state index in [1.54, 1.807) is 0 Å². The smallest absolute Gasteiger partial charge is 0.191 e. The Balaban J connectivity index is 2.66. The molecule has 1 aliphatic carbocycles. The number of hydrogen-bond donors (Lipinski definition) is 0. The van der Waals surface area contributed by atoms with Crippen molar-refractivity contribution >= 4 is 16.6 Å². The molecule has 0 aliphatic heterocycles. The number of hydrogen-bond acceptors (Lipinski definition) is 3. The van der Waals surface area contributed by atoms with Crippen LogP contribution in [0.3, 0.4) is 0 Å². The van der Waals surface area contributed by atoms with Gasteiger partial charge in [0.1, 0.15) is 0 Å².